The van der Waals surface area contributed by atoms with Crippen LogP contribution in [0, 0.1) is 5.92 Å². The van der Waals surface area contributed by atoms with Gasteiger partial charge in [-0.05, 0) is 0 Å². The second-order valence-electron chi connectivity index (χ2n) is 3.92. The fraction of sp³-hybridized carbons (Fsp3) is 0.692. The van der Waals surface area contributed by atoms with Crippen LogP contribution in [0.5, 0.6) is 0 Å². The zero-order chi connectivity index (χ0) is 10.7. The molecule has 85 valence electrons. The molecule has 0 heterocycles. The van der Waals surface area contributed by atoms with Gasteiger partial charge in [0.05, 0.1) is 0 Å². The molecule has 1 unspecified atom stereocenters. The molecule has 2 heteroatoms. The van der Waals surface area contributed by atoms with E-state index in [0.29, 0.717) is 0 Å². The molecule has 0 aromatic heterocycles. The molecule has 0 aromatic carbocycles. The molecular formula is C13H22ClTi. The molecule has 0 bridgehead atoms. The van der Waals surface area contributed by atoms with Gasteiger partial charge in [-0.3, -0.25) is 0 Å². The van der Waals surface area contributed by atoms with Gasteiger partial charge < -0.3 is 0 Å². The van der Waals surface area contributed by atoms with Crippen molar-refractivity contribution >= 4 is 12.4 Å². The summed E-state index contributed by atoms with van der Waals surface area (Å²) in [6.45, 7) is 9.21. The molecule has 0 spiro atoms. The molecule has 15 heavy (non-hydrogen) atoms. The summed E-state index contributed by atoms with van der Waals surface area (Å²) in [6.07, 6.45) is 4.96. The van der Waals surface area contributed by atoms with Crippen molar-refractivity contribution in [3.8, 4) is 0 Å². The Labute approximate surface area is 112 Å². The Morgan fingerprint density at radius 3 is 1.80 bits per heavy atom. The van der Waals surface area contributed by atoms with E-state index in [0.717, 1.165) is 5.92 Å². The van der Waals surface area contributed by atoms with E-state index in [9.17, 15) is 0 Å². The molecule has 0 saturated carbocycles. The molecule has 0 N–H and O–H groups in total. The van der Waals surface area contributed by atoms with Crippen LogP contribution >= 0.6 is 12.4 Å². The van der Waals surface area contributed by atoms with Crippen molar-refractivity contribution in [1.82, 2.24) is 0 Å². The summed E-state index contributed by atoms with van der Waals surface area (Å²) in [5.74, 6) is 0.768. The summed E-state index contributed by atoms with van der Waals surface area (Å²) in [6, 6.07) is 0. The van der Waals surface area contributed by atoms with Gasteiger partial charge in [0, 0.05) is 0 Å². The van der Waals surface area contributed by atoms with Gasteiger partial charge in [0.1, 0.15) is 0 Å². The van der Waals surface area contributed by atoms with Gasteiger partial charge in [-0.1, -0.05) is 0 Å². The summed E-state index contributed by atoms with van der Waals surface area (Å²) >= 11 is 2.34. The van der Waals surface area contributed by atoms with Crippen LogP contribution in [0.25, 0.3) is 0 Å². The maximum atomic E-state index is 2.34. The maximum Gasteiger partial charge on any atom is -0.147 e. The third-order valence-corrected chi connectivity index (χ3v) is 4.36. The molecule has 1 atom stereocenters. The van der Waals surface area contributed by atoms with Crippen LogP contribution in [-0.2, 0) is 20.4 Å². The van der Waals surface area contributed by atoms with Gasteiger partial charge in [0.15, 0.2) is 0 Å². The SMILES string of the molecule is CCC1=[C]([Ti])C(CC)C(CC)=C1CC.Cl. The van der Waals surface area contributed by atoms with Crippen molar-refractivity contribution in [2.24, 2.45) is 5.92 Å². The Kier molecular flexibility index (Phi) is 7.16. The minimum absolute atomic E-state index is 0. The zero-order valence-electron chi connectivity index (χ0n) is 10.3. The van der Waals surface area contributed by atoms with Crippen LogP contribution in [0.15, 0.2) is 20.6 Å². The van der Waals surface area contributed by atoms with Gasteiger partial charge in [-0.2, -0.15) is 0 Å². The van der Waals surface area contributed by atoms with E-state index in [4.69, 9.17) is 0 Å². The second-order valence-corrected chi connectivity index (χ2v) is 4.76. The van der Waals surface area contributed by atoms with E-state index in [2.05, 4.69) is 48.1 Å². The fourth-order valence-electron chi connectivity index (χ4n) is 2.71. The van der Waals surface area contributed by atoms with Crippen LogP contribution in [0.3, 0.4) is 0 Å². The summed E-state index contributed by atoms with van der Waals surface area (Å²) in [5, 5.41) is 0. The number of allylic oxidation sites excluding steroid dienone is 4. The van der Waals surface area contributed by atoms with Gasteiger partial charge in [0.2, 0.25) is 0 Å². The van der Waals surface area contributed by atoms with Gasteiger partial charge in [0.25, 0.3) is 0 Å². The van der Waals surface area contributed by atoms with Crippen molar-refractivity contribution in [2.45, 2.75) is 53.4 Å². The van der Waals surface area contributed by atoms with Crippen LogP contribution in [-0.4, -0.2) is 0 Å². The first-order valence-electron chi connectivity index (χ1n) is 5.87. The first-order valence-corrected chi connectivity index (χ1v) is 6.66. The van der Waals surface area contributed by atoms with Crippen LogP contribution in [0.1, 0.15) is 53.4 Å². The predicted molar refractivity (Wildman–Crippen MR) is 66.0 cm³/mol. The summed E-state index contributed by atoms with van der Waals surface area (Å²) < 4.78 is 1.66. The standard InChI is InChI=1S/C13H21.ClH.Ti/c1-5-10-9-11(6-2)13(8-4)12(10)7-3;;/h10H,5-8H2,1-4H3;1H;. The molecule has 1 rings (SSSR count). The molecule has 0 aliphatic heterocycles. The Hall–Kier alpha value is 0.484. The van der Waals surface area contributed by atoms with Crippen molar-refractivity contribution in [3.63, 3.8) is 0 Å². The quantitative estimate of drug-likeness (QED) is 0.639. The van der Waals surface area contributed by atoms with E-state index in [1.54, 1.807) is 20.6 Å². The summed E-state index contributed by atoms with van der Waals surface area (Å²) in [7, 11) is 0. The second kappa shape index (κ2) is 6.94. The smallest absolute Gasteiger partial charge is 0.147 e. The third-order valence-electron chi connectivity index (χ3n) is 3.34. The zero-order valence-corrected chi connectivity index (χ0v) is 12.7. The molecular weight excluding hydrogens is 239 g/mol. The number of hydrogen-bond acceptors (Lipinski definition) is 0. The summed E-state index contributed by atoms with van der Waals surface area (Å²) in [4.78, 5) is 0. The van der Waals surface area contributed by atoms with Crippen molar-refractivity contribution in [3.05, 3.63) is 20.6 Å². The molecule has 0 saturated heterocycles. The van der Waals surface area contributed by atoms with Crippen LogP contribution in [0.4, 0.5) is 0 Å². The largest absolute Gasteiger partial charge is 0.147 e. The molecule has 0 aromatic rings. The molecule has 0 amide bonds. The molecule has 1 aliphatic carbocycles. The van der Waals surface area contributed by atoms with E-state index >= 15 is 0 Å². The summed E-state index contributed by atoms with van der Waals surface area (Å²) in [5.41, 5.74) is 5.07. The topological polar surface area (TPSA) is 0 Å². The van der Waals surface area contributed by atoms with Gasteiger partial charge in [-0.15, -0.1) is 12.4 Å². The monoisotopic (exact) mass is 261 g/mol. The van der Waals surface area contributed by atoms with E-state index in [1.165, 1.54) is 25.7 Å². The maximum absolute atomic E-state index is 2.34. The van der Waals surface area contributed by atoms with Gasteiger partial charge >= 0.3 is 100 Å². The Balaban J connectivity index is 0.00000196. The van der Waals surface area contributed by atoms with Crippen LogP contribution < -0.4 is 0 Å². The number of halogens is 1. The normalized spacial score (nSPS) is 20.9. The number of hydrogen-bond donors (Lipinski definition) is 0. The van der Waals surface area contributed by atoms with Gasteiger partial charge in [-0.25, -0.2) is 0 Å². The molecule has 0 nitrogen and oxygen atoms in total. The Bertz CT molecular complexity index is 276. The minimum atomic E-state index is 0. The van der Waals surface area contributed by atoms with E-state index in [1.807, 2.05) is 0 Å². The van der Waals surface area contributed by atoms with E-state index in [-0.39, 0.29) is 12.4 Å². The van der Waals surface area contributed by atoms with Crippen molar-refractivity contribution < 1.29 is 20.4 Å². The molecule has 0 radical (unpaired) electrons. The number of rotatable bonds is 4. The first-order chi connectivity index (χ1) is 6.71. The predicted octanol–water partition coefficient (Wildman–Crippen LogP) is 4.78. The Morgan fingerprint density at radius 2 is 1.47 bits per heavy atom. The fourth-order valence-corrected chi connectivity index (χ4v) is 3.81. The van der Waals surface area contributed by atoms with Crippen molar-refractivity contribution in [2.75, 3.05) is 0 Å². The third kappa shape index (κ3) is 2.78. The molecule has 1 aliphatic rings. The minimum Gasteiger partial charge on any atom is -0.147 e. The average molecular weight is 262 g/mol. The van der Waals surface area contributed by atoms with Crippen LogP contribution in [0.2, 0.25) is 0 Å². The molecule has 0 fully saturated rings. The first kappa shape index (κ1) is 15.5. The van der Waals surface area contributed by atoms with E-state index < -0.39 is 0 Å². The Morgan fingerprint density at radius 1 is 0.933 bits per heavy atom. The average Bonchev–Trinajstić information content (AvgIpc) is 2.48. The van der Waals surface area contributed by atoms with Crippen molar-refractivity contribution in [1.29, 1.82) is 0 Å².